The Kier molecular flexibility index (Phi) is 5.12. The molecule has 6 nitrogen and oxygen atoms in total. The van der Waals surface area contributed by atoms with E-state index in [-0.39, 0.29) is 11.2 Å². The third-order valence-corrected chi connectivity index (χ3v) is 6.28. The van der Waals surface area contributed by atoms with Crippen molar-refractivity contribution < 1.29 is 14.3 Å². The summed E-state index contributed by atoms with van der Waals surface area (Å²) in [6.07, 6.45) is 1.20. The van der Waals surface area contributed by atoms with Crippen LogP contribution in [0.5, 0.6) is 0 Å². The van der Waals surface area contributed by atoms with Gasteiger partial charge in [-0.2, -0.15) is 5.10 Å². The number of allylic oxidation sites excluding steroid dienone is 3. The summed E-state index contributed by atoms with van der Waals surface area (Å²) in [5, 5.41) is 8.14. The Balaban J connectivity index is 1.96. The lowest BCUT2D eigenvalue weighted by molar-refractivity contribution is -0.136. The lowest BCUT2D eigenvalue weighted by Crippen LogP contribution is -2.38. The minimum absolute atomic E-state index is 0.0731. The molecule has 1 aliphatic carbocycles. The molecule has 6 heteroatoms. The Morgan fingerprint density at radius 1 is 1.16 bits per heavy atom. The van der Waals surface area contributed by atoms with E-state index < -0.39 is 11.9 Å². The number of nitrogens with zero attached hydrogens (tertiary/aromatic N) is 2. The van der Waals surface area contributed by atoms with E-state index >= 15 is 0 Å². The molecular formula is C25H29N3O3. The van der Waals surface area contributed by atoms with Gasteiger partial charge in [0.2, 0.25) is 0 Å². The summed E-state index contributed by atoms with van der Waals surface area (Å²) in [6, 6.07) is 9.88. The molecule has 4 rings (SSSR count). The monoisotopic (exact) mass is 419 g/mol. The number of hydrogen-bond donors (Lipinski definition) is 1. The van der Waals surface area contributed by atoms with Gasteiger partial charge in [-0.15, -0.1) is 0 Å². The molecule has 1 aromatic carbocycles. The van der Waals surface area contributed by atoms with Gasteiger partial charge in [-0.3, -0.25) is 4.79 Å². The Hall–Kier alpha value is -3.15. The largest absolute Gasteiger partial charge is 0.466 e. The van der Waals surface area contributed by atoms with Crippen molar-refractivity contribution in [2.45, 2.75) is 53.4 Å². The van der Waals surface area contributed by atoms with Crippen molar-refractivity contribution in [2.24, 2.45) is 5.41 Å². The van der Waals surface area contributed by atoms with Gasteiger partial charge in [0.25, 0.3) is 0 Å². The molecule has 0 radical (unpaired) electrons. The van der Waals surface area contributed by atoms with Gasteiger partial charge in [-0.1, -0.05) is 32.0 Å². The number of esters is 1. The molecule has 1 aliphatic heterocycles. The van der Waals surface area contributed by atoms with Crippen LogP contribution >= 0.6 is 0 Å². The Morgan fingerprint density at radius 3 is 2.48 bits per heavy atom. The summed E-state index contributed by atoms with van der Waals surface area (Å²) in [4.78, 5) is 26.3. The molecule has 31 heavy (non-hydrogen) atoms. The predicted molar refractivity (Wildman–Crippen MR) is 119 cm³/mol. The average molecular weight is 420 g/mol. The number of benzene rings is 1. The molecule has 0 spiro atoms. The van der Waals surface area contributed by atoms with E-state index in [9.17, 15) is 9.59 Å². The Morgan fingerprint density at radius 2 is 1.84 bits per heavy atom. The fourth-order valence-corrected chi connectivity index (χ4v) is 5.00. The molecule has 2 heterocycles. The van der Waals surface area contributed by atoms with E-state index in [1.54, 1.807) is 0 Å². The highest BCUT2D eigenvalue weighted by Gasteiger charge is 2.44. The van der Waals surface area contributed by atoms with Gasteiger partial charge in [-0.05, 0) is 44.7 Å². The number of hydrogen-bond acceptors (Lipinski definition) is 5. The van der Waals surface area contributed by atoms with Gasteiger partial charge >= 0.3 is 5.97 Å². The van der Waals surface area contributed by atoms with Crippen LogP contribution in [-0.4, -0.2) is 28.6 Å². The molecule has 1 atom stereocenters. The molecule has 1 aromatic heterocycles. The summed E-state index contributed by atoms with van der Waals surface area (Å²) in [5.41, 5.74) is 6.20. The van der Waals surface area contributed by atoms with Crippen molar-refractivity contribution in [3.05, 3.63) is 69.8 Å². The van der Waals surface area contributed by atoms with Crippen LogP contribution in [0.25, 0.3) is 5.69 Å². The smallest absolute Gasteiger partial charge is 0.336 e. The van der Waals surface area contributed by atoms with Crippen LogP contribution in [0.4, 0.5) is 0 Å². The lowest BCUT2D eigenvalue weighted by atomic mass is 9.68. The van der Waals surface area contributed by atoms with Gasteiger partial charge in [-0.25, -0.2) is 9.48 Å². The second-order valence-electron chi connectivity index (χ2n) is 9.25. The summed E-state index contributed by atoms with van der Waals surface area (Å²) >= 11 is 0. The molecule has 1 N–H and O–H groups in total. The molecule has 0 bridgehead atoms. The predicted octanol–water partition coefficient (Wildman–Crippen LogP) is 4.27. The van der Waals surface area contributed by atoms with Crippen LogP contribution in [0.15, 0.2) is 52.9 Å². The third-order valence-electron chi connectivity index (χ3n) is 6.28. The number of ketones is 1. The van der Waals surface area contributed by atoms with Crippen molar-refractivity contribution in [1.82, 2.24) is 15.1 Å². The maximum absolute atomic E-state index is 13.4. The molecule has 0 fully saturated rings. The van der Waals surface area contributed by atoms with E-state index in [4.69, 9.17) is 9.84 Å². The molecule has 2 aromatic rings. The number of rotatable bonds is 3. The zero-order chi connectivity index (χ0) is 22.5. The van der Waals surface area contributed by atoms with Gasteiger partial charge in [0.15, 0.2) is 5.78 Å². The molecule has 0 saturated heterocycles. The van der Waals surface area contributed by atoms with Crippen molar-refractivity contribution in [2.75, 3.05) is 7.11 Å². The average Bonchev–Trinajstić information content (AvgIpc) is 3.00. The highest BCUT2D eigenvalue weighted by atomic mass is 16.5. The first kappa shape index (κ1) is 21.1. The first-order valence-corrected chi connectivity index (χ1v) is 10.6. The van der Waals surface area contributed by atoms with Crippen LogP contribution in [0, 0.1) is 19.3 Å². The number of carbonyl (C=O) groups is 2. The van der Waals surface area contributed by atoms with Gasteiger partial charge in [0.1, 0.15) is 0 Å². The topological polar surface area (TPSA) is 73.2 Å². The van der Waals surface area contributed by atoms with E-state index in [0.29, 0.717) is 17.6 Å². The zero-order valence-electron chi connectivity index (χ0n) is 19.0. The quantitative estimate of drug-likeness (QED) is 0.753. The molecule has 0 saturated carbocycles. The molecule has 0 amide bonds. The van der Waals surface area contributed by atoms with Crippen molar-refractivity contribution in [3.63, 3.8) is 0 Å². The minimum atomic E-state index is -0.496. The highest BCUT2D eigenvalue weighted by molar-refractivity contribution is 6.04. The number of aryl methyl sites for hydroxylation is 1. The minimum Gasteiger partial charge on any atom is -0.466 e. The van der Waals surface area contributed by atoms with Crippen LogP contribution in [-0.2, 0) is 14.3 Å². The summed E-state index contributed by atoms with van der Waals surface area (Å²) in [5.74, 6) is -0.848. The molecule has 0 unspecified atom stereocenters. The fraction of sp³-hybridized carbons (Fsp3) is 0.400. The number of ether oxygens (including phenoxy) is 1. The fourth-order valence-electron chi connectivity index (χ4n) is 5.00. The maximum Gasteiger partial charge on any atom is 0.336 e. The number of aromatic nitrogens is 2. The van der Waals surface area contributed by atoms with Crippen molar-refractivity contribution in [1.29, 1.82) is 0 Å². The molecule has 162 valence electrons. The first-order chi connectivity index (χ1) is 14.6. The van der Waals surface area contributed by atoms with E-state index in [0.717, 1.165) is 40.5 Å². The zero-order valence-corrected chi connectivity index (χ0v) is 19.0. The van der Waals surface area contributed by atoms with E-state index in [1.165, 1.54) is 7.11 Å². The van der Waals surface area contributed by atoms with Gasteiger partial charge in [0, 0.05) is 34.6 Å². The van der Waals surface area contributed by atoms with E-state index in [1.807, 2.05) is 55.8 Å². The summed E-state index contributed by atoms with van der Waals surface area (Å²) in [6.45, 7) is 10.0. The summed E-state index contributed by atoms with van der Waals surface area (Å²) in [7, 11) is 1.38. The third kappa shape index (κ3) is 3.50. The first-order valence-electron chi connectivity index (χ1n) is 10.6. The van der Waals surface area contributed by atoms with Crippen molar-refractivity contribution in [3.8, 4) is 5.69 Å². The number of nitrogens with one attached hydrogen (secondary N) is 1. The van der Waals surface area contributed by atoms with Crippen LogP contribution in [0.2, 0.25) is 0 Å². The van der Waals surface area contributed by atoms with Crippen LogP contribution in [0.1, 0.15) is 56.5 Å². The maximum atomic E-state index is 13.4. The van der Waals surface area contributed by atoms with Crippen LogP contribution < -0.4 is 5.32 Å². The molecule has 2 aliphatic rings. The van der Waals surface area contributed by atoms with Crippen LogP contribution in [0.3, 0.4) is 0 Å². The Bertz CT molecular complexity index is 1140. The number of methoxy groups -OCH3 is 1. The number of para-hydroxylation sites is 1. The summed E-state index contributed by atoms with van der Waals surface area (Å²) < 4.78 is 7.02. The Labute approximate surface area is 183 Å². The number of dihydropyridines is 1. The van der Waals surface area contributed by atoms with Gasteiger partial charge in [0.05, 0.1) is 30.0 Å². The number of Topliss-reactive ketones (excluding diaryl/α,β-unsaturated/α-hetero) is 1. The lowest BCUT2D eigenvalue weighted by Gasteiger charge is -2.39. The standard InChI is InChI=1S/C25H29N3O3/c1-14-21(24(30)31-6)23(22-18(26-14)12-25(4,5)13-19(22)29)20-15(2)27-28(16(20)3)17-10-8-7-9-11-17/h7-11,23,26H,12-13H2,1-6H3/t23-/m1/s1. The van der Waals surface area contributed by atoms with E-state index in [2.05, 4.69) is 19.2 Å². The van der Waals surface area contributed by atoms with Crippen molar-refractivity contribution >= 4 is 11.8 Å². The second kappa shape index (κ2) is 7.52. The van der Waals surface area contributed by atoms with Gasteiger partial charge < -0.3 is 10.1 Å². The second-order valence-corrected chi connectivity index (χ2v) is 9.25. The highest BCUT2D eigenvalue weighted by Crippen LogP contribution is 2.48. The SMILES string of the molecule is COC(=O)C1=C(C)NC2=C(C(=O)CC(C)(C)C2)[C@@H]1c1c(C)nn(-c2ccccc2)c1C. The molecular weight excluding hydrogens is 390 g/mol. The normalized spacial score (nSPS) is 20.5. The number of carbonyl (C=O) groups excluding carboxylic acids is 2.